The molecule has 0 bridgehead atoms. The van der Waals surface area contributed by atoms with E-state index < -0.39 is 0 Å². The van der Waals surface area contributed by atoms with E-state index in [4.69, 9.17) is 22.1 Å². The van der Waals surface area contributed by atoms with E-state index >= 15 is 0 Å². The summed E-state index contributed by atoms with van der Waals surface area (Å²) in [5.74, 6) is 1.52. The molecule has 0 aliphatic heterocycles. The molecule has 0 aliphatic rings. The normalized spacial score (nSPS) is 10.4. The van der Waals surface area contributed by atoms with E-state index in [0.717, 1.165) is 11.3 Å². The fourth-order valence-electron chi connectivity index (χ4n) is 1.74. The van der Waals surface area contributed by atoms with Crippen LogP contribution in [-0.2, 0) is 6.54 Å². The third-order valence-corrected chi connectivity index (χ3v) is 3.34. The van der Waals surface area contributed by atoms with Gasteiger partial charge in [-0.3, -0.25) is 0 Å². The Hall–Kier alpha value is -1.51. The van der Waals surface area contributed by atoms with Gasteiger partial charge < -0.3 is 10.5 Å². The number of rotatable bonds is 3. The zero-order valence-corrected chi connectivity index (χ0v) is 11.3. The first-order valence-corrected chi connectivity index (χ1v) is 6.22. The van der Waals surface area contributed by atoms with E-state index in [0.29, 0.717) is 17.3 Å². The largest absolute Gasteiger partial charge is 0.457 e. The van der Waals surface area contributed by atoms with Crippen LogP contribution in [0.15, 0.2) is 36.4 Å². The van der Waals surface area contributed by atoms with Crippen LogP contribution in [0.4, 0.5) is 0 Å². The summed E-state index contributed by atoms with van der Waals surface area (Å²) in [6.45, 7) is 4.49. The van der Waals surface area contributed by atoms with Gasteiger partial charge >= 0.3 is 0 Å². The van der Waals surface area contributed by atoms with Gasteiger partial charge in [0.15, 0.2) is 0 Å². The van der Waals surface area contributed by atoms with Crippen molar-refractivity contribution in [2.24, 2.45) is 5.73 Å². The second kappa shape index (κ2) is 5.42. The quantitative estimate of drug-likeness (QED) is 0.898. The highest BCUT2D eigenvalue weighted by Crippen LogP contribution is 2.30. The average Bonchev–Trinajstić information content (AvgIpc) is 2.34. The summed E-state index contributed by atoms with van der Waals surface area (Å²) >= 11 is 6.09. The molecule has 2 aromatic rings. The van der Waals surface area contributed by atoms with E-state index in [9.17, 15) is 0 Å². The average molecular weight is 262 g/mol. The van der Waals surface area contributed by atoms with Crippen LogP contribution >= 0.6 is 11.6 Å². The molecule has 0 spiro atoms. The van der Waals surface area contributed by atoms with Gasteiger partial charge in [-0.1, -0.05) is 23.7 Å². The lowest BCUT2D eigenvalue weighted by atomic mass is 10.1. The molecule has 3 heteroatoms. The number of nitrogens with two attached hydrogens (primary N) is 1. The molecular weight excluding hydrogens is 246 g/mol. The van der Waals surface area contributed by atoms with Gasteiger partial charge in [0.25, 0.3) is 0 Å². The summed E-state index contributed by atoms with van der Waals surface area (Å²) in [6.07, 6.45) is 0. The highest BCUT2D eigenvalue weighted by Gasteiger charge is 2.07. The molecule has 0 aromatic heterocycles. The van der Waals surface area contributed by atoms with Crippen molar-refractivity contribution >= 4 is 11.6 Å². The zero-order valence-electron chi connectivity index (χ0n) is 10.5. The molecule has 0 heterocycles. The Labute approximate surface area is 112 Å². The van der Waals surface area contributed by atoms with Crippen molar-refractivity contribution in [1.82, 2.24) is 0 Å². The molecule has 2 N–H and O–H groups in total. The molecule has 0 amide bonds. The van der Waals surface area contributed by atoms with Crippen molar-refractivity contribution in [3.8, 4) is 11.5 Å². The van der Waals surface area contributed by atoms with E-state index in [1.807, 2.05) is 36.4 Å². The number of benzene rings is 2. The highest BCUT2D eigenvalue weighted by molar-refractivity contribution is 6.31. The first-order valence-electron chi connectivity index (χ1n) is 5.84. The summed E-state index contributed by atoms with van der Waals surface area (Å²) in [6, 6.07) is 11.6. The van der Waals surface area contributed by atoms with Crippen molar-refractivity contribution in [2.75, 3.05) is 0 Å². The minimum Gasteiger partial charge on any atom is -0.457 e. The first-order chi connectivity index (χ1) is 8.61. The summed E-state index contributed by atoms with van der Waals surface area (Å²) in [5.41, 5.74) is 8.97. The van der Waals surface area contributed by atoms with Crippen molar-refractivity contribution < 1.29 is 4.74 Å². The number of hydrogen-bond acceptors (Lipinski definition) is 2. The monoisotopic (exact) mass is 261 g/mol. The lowest BCUT2D eigenvalue weighted by Gasteiger charge is -2.12. The van der Waals surface area contributed by atoms with Gasteiger partial charge in [0.1, 0.15) is 11.5 Å². The van der Waals surface area contributed by atoms with Crippen LogP contribution in [0.25, 0.3) is 0 Å². The van der Waals surface area contributed by atoms with Crippen LogP contribution in [0.5, 0.6) is 11.5 Å². The van der Waals surface area contributed by atoms with Crippen LogP contribution in [-0.4, -0.2) is 0 Å². The van der Waals surface area contributed by atoms with Crippen LogP contribution in [0.3, 0.4) is 0 Å². The lowest BCUT2D eigenvalue weighted by molar-refractivity contribution is 0.476. The molecule has 0 saturated heterocycles. The lowest BCUT2D eigenvalue weighted by Crippen LogP contribution is -2.00. The number of halogens is 1. The Balaban J connectivity index is 2.34. The maximum atomic E-state index is 6.09. The fourth-order valence-corrected chi connectivity index (χ4v) is 1.98. The predicted octanol–water partition coefficient (Wildman–Crippen LogP) is 4.21. The Morgan fingerprint density at radius 2 is 1.89 bits per heavy atom. The Morgan fingerprint density at radius 1 is 1.11 bits per heavy atom. The molecule has 0 fully saturated rings. The summed E-state index contributed by atoms with van der Waals surface area (Å²) in [5, 5.41) is 0.638. The fraction of sp³-hybridized carbons (Fsp3) is 0.200. The Morgan fingerprint density at radius 3 is 2.56 bits per heavy atom. The molecular formula is C15H16ClNO. The van der Waals surface area contributed by atoms with Gasteiger partial charge in [-0.25, -0.2) is 0 Å². The molecule has 0 saturated carbocycles. The minimum absolute atomic E-state index is 0.361. The van der Waals surface area contributed by atoms with E-state index in [-0.39, 0.29) is 0 Å². The number of aryl methyl sites for hydroxylation is 2. The van der Waals surface area contributed by atoms with E-state index in [2.05, 4.69) is 13.8 Å². The van der Waals surface area contributed by atoms with Crippen LogP contribution in [0, 0.1) is 13.8 Å². The van der Waals surface area contributed by atoms with Crippen molar-refractivity contribution in [3.05, 3.63) is 58.1 Å². The second-order valence-corrected chi connectivity index (χ2v) is 4.68. The molecule has 0 unspecified atom stereocenters. The first kappa shape index (κ1) is 12.9. The minimum atomic E-state index is 0.361. The molecule has 0 radical (unpaired) electrons. The molecule has 2 nitrogen and oxygen atoms in total. The second-order valence-electron chi connectivity index (χ2n) is 4.27. The standard InChI is InChI=1S/C15H16ClNO/c1-10-6-7-12(8-11(10)2)18-15-5-3-4-14(16)13(15)9-17/h3-8H,9,17H2,1-2H3. The number of ether oxygens (including phenoxy) is 1. The van der Waals surface area contributed by atoms with Gasteiger partial charge in [0.2, 0.25) is 0 Å². The van der Waals surface area contributed by atoms with Gasteiger partial charge in [-0.05, 0) is 49.2 Å². The molecule has 18 heavy (non-hydrogen) atoms. The number of hydrogen-bond donors (Lipinski definition) is 1. The molecule has 2 rings (SSSR count). The Kier molecular flexibility index (Phi) is 3.90. The third kappa shape index (κ3) is 2.66. The van der Waals surface area contributed by atoms with Gasteiger partial charge in [0, 0.05) is 17.1 Å². The van der Waals surface area contributed by atoms with Gasteiger partial charge in [0.05, 0.1) is 0 Å². The maximum Gasteiger partial charge on any atom is 0.133 e. The third-order valence-electron chi connectivity index (χ3n) is 2.99. The van der Waals surface area contributed by atoms with Crippen molar-refractivity contribution in [3.63, 3.8) is 0 Å². The van der Waals surface area contributed by atoms with Crippen LogP contribution in [0.1, 0.15) is 16.7 Å². The summed E-state index contributed by atoms with van der Waals surface area (Å²) in [4.78, 5) is 0. The Bertz CT molecular complexity index is 566. The molecule has 2 aromatic carbocycles. The highest BCUT2D eigenvalue weighted by atomic mass is 35.5. The van der Waals surface area contributed by atoms with Crippen molar-refractivity contribution in [1.29, 1.82) is 0 Å². The van der Waals surface area contributed by atoms with E-state index in [1.165, 1.54) is 11.1 Å². The van der Waals surface area contributed by atoms with Gasteiger partial charge in [-0.15, -0.1) is 0 Å². The molecule has 0 atom stereocenters. The maximum absolute atomic E-state index is 6.09. The van der Waals surface area contributed by atoms with Gasteiger partial charge in [-0.2, -0.15) is 0 Å². The van der Waals surface area contributed by atoms with Crippen LogP contribution < -0.4 is 10.5 Å². The topological polar surface area (TPSA) is 35.2 Å². The smallest absolute Gasteiger partial charge is 0.133 e. The van der Waals surface area contributed by atoms with E-state index in [1.54, 1.807) is 0 Å². The van der Waals surface area contributed by atoms with Crippen molar-refractivity contribution in [2.45, 2.75) is 20.4 Å². The summed E-state index contributed by atoms with van der Waals surface area (Å²) in [7, 11) is 0. The molecule has 0 aliphatic carbocycles. The SMILES string of the molecule is Cc1ccc(Oc2cccc(Cl)c2CN)cc1C. The zero-order chi connectivity index (χ0) is 13.1. The summed E-state index contributed by atoms with van der Waals surface area (Å²) < 4.78 is 5.85. The molecule has 94 valence electrons. The van der Waals surface area contributed by atoms with Crippen LogP contribution in [0.2, 0.25) is 5.02 Å². The predicted molar refractivity (Wildman–Crippen MR) is 75.3 cm³/mol.